The molecule has 4 rings (SSSR count). The third kappa shape index (κ3) is 12.0. The monoisotopic (exact) mass is 717 g/mol. The first-order valence-corrected chi connectivity index (χ1v) is 18.1. The fourth-order valence-electron chi connectivity index (χ4n) is 5.13. The van der Waals surface area contributed by atoms with Crippen LogP contribution >= 0.6 is 0 Å². The maximum Gasteiger partial charge on any atom is 0.315 e. The van der Waals surface area contributed by atoms with E-state index in [1.807, 2.05) is 42.5 Å². The zero-order valence-corrected chi connectivity index (χ0v) is 29.9. The highest BCUT2D eigenvalue weighted by Gasteiger charge is 2.29. The second-order valence-corrected chi connectivity index (χ2v) is 13.3. The molecule has 0 heterocycles. The minimum atomic E-state index is -3.91. The summed E-state index contributed by atoms with van der Waals surface area (Å²) in [4.78, 5) is 24.5. The van der Waals surface area contributed by atoms with Crippen LogP contribution in [0.3, 0.4) is 0 Å². The van der Waals surface area contributed by atoms with Crippen molar-refractivity contribution in [2.24, 2.45) is 0 Å². The summed E-state index contributed by atoms with van der Waals surface area (Å²) in [6, 6.07) is 25.9. The van der Waals surface area contributed by atoms with Crippen LogP contribution in [0.2, 0.25) is 0 Å². The maximum absolute atomic E-state index is 13.4. The predicted octanol–water partition coefficient (Wildman–Crippen LogP) is 6.65. The minimum Gasteiger partial charge on any atom is -0.504 e. The zero-order valence-electron chi connectivity index (χ0n) is 29.0. The molecule has 270 valence electrons. The fourth-order valence-corrected chi connectivity index (χ4v) is 6.34. The highest BCUT2D eigenvalue weighted by Crippen LogP contribution is 2.34. The molecule has 0 saturated heterocycles. The van der Waals surface area contributed by atoms with Crippen molar-refractivity contribution in [1.29, 1.82) is 0 Å². The highest BCUT2D eigenvalue weighted by molar-refractivity contribution is 7.94. The van der Waals surface area contributed by atoms with E-state index in [1.165, 1.54) is 37.3 Å². The lowest BCUT2D eigenvalue weighted by Crippen LogP contribution is -2.31. The molecule has 0 aliphatic rings. The van der Waals surface area contributed by atoms with Crippen LogP contribution in [0.1, 0.15) is 49.1 Å². The number of nitrogens with one attached hydrogen (secondary N) is 1. The third-order valence-electron chi connectivity index (χ3n) is 7.51. The van der Waals surface area contributed by atoms with Crippen molar-refractivity contribution in [3.8, 4) is 23.0 Å². The second-order valence-electron chi connectivity index (χ2n) is 11.4. The molecule has 0 radical (unpaired) electrons. The minimum absolute atomic E-state index is 0.0112. The lowest BCUT2D eigenvalue weighted by atomic mass is 10.0. The molecule has 0 aliphatic carbocycles. The number of ether oxygens (including phenoxy) is 5. The van der Waals surface area contributed by atoms with Gasteiger partial charge < -0.3 is 34.1 Å². The Kier molecular flexibility index (Phi) is 14.2. The van der Waals surface area contributed by atoms with Gasteiger partial charge in [0.25, 0.3) is 0 Å². The number of phenols is 1. The normalized spacial score (nSPS) is 12.6. The molecule has 0 amide bonds. The van der Waals surface area contributed by atoms with E-state index in [9.17, 15) is 23.1 Å². The van der Waals surface area contributed by atoms with E-state index in [1.54, 1.807) is 45.2 Å². The van der Waals surface area contributed by atoms with Crippen molar-refractivity contribution in [3.63, 3.8) is 0 Å². The van der Waals surface area contributed by atoms with E-state index in [0.717, 1.165) is 16.7 Å². The van der Waals surface area contributed by atoms with E-state index >= 15 is 0 Å². The molecule has 0 aliphatic heterocycles. The van der Waals surface area contributed by atoms with Gasteiger partial charge in [-0.1, -0.05) is 54.6 Å². The quantitative estimate of drug-likeness (QED) is 0.0842. The number of carbonyl (C=O) groups excluding carboxylic acids is 2. The molecule has 0 aromatic heterocycles. The van der Waals surface area contributed by atoms with Gasteiger partial charge in [-0.05, 0) is 78.6 Å². The number of aromatic hydroxyl groups is 1. The first kappa shape index (κ1) is 38.6. The molecule has 0 fully saturated rings. The van der Waals surface area contributed by atoms with Crippen LogP contribution in [-0.4, -0.2) is 57.6 Å². The van der Waals surface area contributed by atoms with Gasteiger partial charge >= 0.3 is 11.9 Å². The van der Waals surface area contributed by atoms with Crippen molar-refractivity contribution in [2.75, 3.05) is 31.3 Å². The number of hydrogen-bond acceptors (Lipinski definition) is 11. The number of sulfone groups is 1. The van der Waals surface area contributed by atoms with Crippen LogP contribution in [-0.2, 0) is 41.9 Å². The van der Waals surface area contributed by atoms with Crippen LogP contribution in [0.4, 0.5) is 5.69 Å². The first-order valence-electron chi connectivity index (χ1n) is 16.4. The van der Waals surface area contributed by atoms with Crippen molar-refractivity contribution in [2.45, 2.75) is 46.0 Å². The standard InChI is InChI=1S/C39H43NO10S/c1-5-46-37(39(47-6-2)31-15-19-34(33(42)24-31)48-25-30-10-8-7-9-11-30)26-51(44,45)21-20-29-14-18-35(49-27(3)41)36(22-29)50-38(43)23-28-12-16-32(40-4)17-13-28/h7-22,24,37,39-40,42H,5-6,23,25-26H2,1-4H3/b21-20+. The molecule has 0 spiro atoms. The van der Waals surface area contributed by atoms with E-state index in [0.29, 0.717) is 16.7 Å². The summed E-state index contributed by atoms with van der Waals surface area (Å²) in [6.45, 7) is 5.48. The Labute approximate surface area is 298 Å². The van der Waals surface area contributed by atoms with Crippen LogP contribution < -0.4 is 19.5 Å². The van der Waals surface area contributed by atoms with Gasteiger partial charge in [-0.2, -0.15) is 0 Å². The molecule has 2 N–H and O–H groups in total. The molecule has 0 saturated carbocycles. The Bertz CT molecular complexity index is 1890. The molecule has 12 heteroatoms. The van der Waals surface area contributed by atoms with Gasteiger partial charge in [0.1, 0.15) is 18.8 Å². The molecule has 2 atom stereocenters. The van der Waals surface area contributed by atoms with Crippen LogP contribution in [0.15, 0.2) is 96.4 Å². The first-order chi connectivity index (χ1) is 24.5. The summed E-state index contributed by atoms with van der Waals surface area (Å²) in [6.07, 6.45) is -0.441. The Morgan fingerprint density at radius 2 is 1.53 bits per heavy atom. The maximum atomic E-state index is 13.4. The fraction of sp³-hybridized carbons (Fsp3) is 0.282. The topological polar surface area (TPSA) is 147 Å². The van der Waals surface area contributed by atoms with Crippen molar-refractivity contribution in [3.05, 3.63) is 119 Å². The Balaban J connectivity index is 1.50. The number of anilines is 1. The largest absolute Gasteiger partial charge is 0.504 e. The van der Waals surface area contributed by atoms with Crippen LogP contribution in [0, 0.1) is 0 Å². The molecular weight excluding hydrogens is 674 g/mol. The molecular formula is C39H43NO10S. The summed E-state index contributed by atoms with van der Waals surface area (Å²) >= 11 is 0. The third-order valence-corrected chi connectivity index (χ3v) is 8.86. The average Bonchev–Trinajstić information content (AvgIpc) is 3.10. The second kappa shape index (κ2) is 18.7. The Morgan fingerprint density at radius 1 is 0.824 bits per heavy atom. The van der Waals surface area contributed by atoms with E-state index in [4.69, 9.17) is 23.7 Å². The summed E-state index contributed by atoms with van der Waals surface area (Å²) < 4.78 is 55.3. The summed E-state index contributed by atoms with van der Waals surface area (Å²) in [5.41, 5.74) is 3.43. The van der Waals surface area contributed by atoms with E-state index < -0.39 is 39.7 Å². The average molecular weight is 718 g/mol. The lowest BCUT2D eigenvalue weighted by Gasteiger charge is -2.27. The Hall–Kier alpha value is -5.17. The van der Waals surface area contributed by atoms with Gasteiger partial charge in [0.15, 0.2) is 32.8 Å². The predicted molar refractivity (Wildman–Crippen MR) is 195 cm³/mol. The van der Waals surface area contributed by atoms with Gasteiger partial charge in [0.2, 0.25) is 0 Å². The summed E-state index contributed by atoms with van der Waals surface area (Å²) in [7, 11) is -2.12. The van der Waals surface area contributed by atoms with E-state index in [-0.39, 0.29) is 49.2 Å². The van der Waals surface area contributed by atoms with Gasteiger partial charge in [-0.15, -0.1) is 0 Å². The number of esters is 2. The number of benzene rings is 4. The Morgan fingerprint density at radius 3 is 2.18 bits per heavy atom. The van der Waals surface area contributed by atoms with Gasteiger partial charge in [0, 0.05) is 38.3 Å². The van der Waals surface area contributed by atoms with Crippen molar-refractivity contribution in [1.82, 2.24) is 0 Å². The van der Waals surface area contributed by atoms with Crippen molar-refractivity contribution >= 4 is 33.5 Å². The van der Waals surface area contributed by atoms with E-state index in [2.05, 4.69) is 5.32 Å². The van der Waals surface area contributed by atoms with Gasteiger partial charge in [0.05, 0.1) is 12.2 Å². The molecule has 4 aromatic carbocycles. The summed E-state index contributed by atoms with van der Waals surface area (Å²) in [5.74, 6) is -1.53. The SMILES string of the molecule is CCOC(CS(=O)(=O)/C=C/c1ccc(OC(C)=O)c(OC(=O)Cc2ccc(NC)cc2)c1)C(OCC)c1ccc(OCc2ccccc2)c(O)c1. The summed E-state index contributed by atoms with van der Waals surface area (Å²) in [5, 5.41) is 14.8. The van der Waals surface area contributed by atoms with Gasteiger partial charge in [-0.3, -0.25) is 9.59 Å². The highest BCUT2D eigenvalue weighted by atomic mass is 32.2. The lowest BCUT2D eigenvalue weighted by molar-refractivity contribution is -0.135. The molecule has 51 heavy (non-hydrogen) atoms. The van der Waals surface area contributed by atoms with Crippen LogP contribution in [0.25, 0.3) is 6.08 Å². The molecule has 2 unspecified atom stereocenters. The molecule has 0 bridgehead atoms. The number of rotatable bonds is 18. The zero-order chi connectivity index (χ0) is 36.8. The number of phenolic OH excluding ortho intramolecular Hbond substituents is 1. The van der Waals surface area contributed by atoms with Crippen LogP contribution in [0.5, 0.6) is 23.0 Å². The number of carbonyl (C=O) groups is 2. The smallest absolute Gasteiger partial charge is 0.315 e. The molecule has 11 nitrogen and oxygen atoms in total. The van der Waals surface area contributed by atoms with Crippen molar-refractivity contribution < 1.29 is 46.8 Å². The molecule has 4 aromatic rings. The van der Waals surface area contributed by atoms with Gasteiger partial charge in [-0.25, -0.2) is 8.42 Å². The number of hydrogen-bond donors (Lipinski definition) is 2.